The third kappa shape index (κ3) is 3.19. The Balaban J connectivity index is 1.64. The lowest BCUT2D eigenvalue weighted by atomic mass is 10.0. The van der Waals surface area contributed by atoms with Crippen LogP contribution in [-0.4, -0.2) is 32.3 Å². The fourth-order valence-electron chi connectivity index (χ4n) is 3.42. The van der Waals surface area contributed by atoms with Gasteiger partial charge in [-0.15, -0.1) is 10.2 Å². The van der Waals surface area contributed by atoms with Gasteiger partial charge in [0.2, 0.25) is 0 Å². The zero-order valence-corrected chi connectivity index (χ0v) is 13.2. The van der Waals surface area contributed by atoms with E-state index in [-0.39, 0.29) is 5.82 Å². The first-order chi connectivity index (χ1) is 10.6. The molecule has 1 aromatic carbocycles. The van der Waals surface area contributed by atoms with Crippen molar-refractivity contribution in [2.45, 2.75) is 44.7 Å². The maximum absolute atomic E-state index is 13.3. The summed E-state index contributed by atoms with van der Waals surface area (Å²) in [6, 6.07) is 7.73. The molecule has 0 spiro atoms. The molecule has 0 bridgehead atoms. The highest BCUT2D eigenvalue weighted by molar-refractivity contribution is 5.16. The van der Waals surface area contributed by atoms with Crippen LogP contribution in [0.15, 0.2) is 30.6 Å². The van der Waals surface area contributed by atoms with Gasteiger partial charge in [0.15, 0.2) is 0 Å². The van der Waals surface area contributed by atoms with Crippen molar-refractivity contribution in [1.82, 2.24) is 19.7 Å². The highest BCUT2D eigenvalue weighted by atomic mass is 19.1. The van der Waals surface area contributed by atoms with E-state index in [1.807, 2.05) is 17.7 Å². The summed E-state index contributed by atoms with van der Waals surface area (Å²) in [7, 11) is 2.00. The molecule has 0 N–H and O–H groups in total. The van der Waals surface area contributed by atoms with Crippen LogP contribution in [0, 0.1) is 5.82 Å². The van der Waals surface area contributed by atoms with E-state index >= 15 is 0 Å². The lowest BCUT2D eigenvalue weighted by Crippen LogP contribution is -2.34. The van der Waals surface area contributed by atoms with Gasteiger partial charge in [0.05, 0.1) is 6.04 Å². The van der Waals surface area contributed by atoms with Crippen LogP contribution in [0.4, 0.5) is 4.39 Å². The molecule has 3 rings (SSSR count). The second-order valence-electron chi connectivity index (χ2n) is 6.21. The largest absolute Gasteiger partial charge is 0.319 e. The van der Waals surface area contributed by atoms with Gasteiger partial charge in [0.1, 0.15) is 18.0 Å². The monoisotopic (exact) mass is 302 g/mol. The number of hydrogen-bond donors (Lipinski definition) is 0. The van der Waals surface area contributed by atoms with Gasteiger partial charge < -0.3 is 4.57 Å². The summed E-state index contributed by atoms with van der Waals surface area (Å²) in [5.41, 5.74) is 1.07. The minimum Gasteiger partial charge on any atom is -0.319 e. The van der Waals surface area contributed by atoms with E-state index in [0.29, 0.717) is 12.1 Å². The molecule has 0 aliphatic carbocycles. The second kappa shape index (κ2) is 6.57. The minimum atomic E-state index is -0.150. The number of hydrogen-bond acceptors (Lipinski definition) is 3. The molecule has 0 radical (unpaired) electrons. The van der Waals surface area contributed by atoms with E-state index in [9.17, 15) is 4.39 Å². The van der Waals surface area contributed by atoms with E-state index in [2.05, 4.69) is 22.0 Å². The van der Waals surface area contributed by atoms with Crippen LogP contribution in [0.25, 0.3) is 0 Å². The number of rotatable bonds is 5. The minimum absolute atomic E-state index is 0.150. The number of aryl methyl sites for hydroxylation is 2. The molecule has 1 aliphatic rings. The summed E-state index contributed by atoms with van der Waals surface area (Å²) in [5, 5.41) is 8.29. The van der Waals surface area contributed by atoms with E-state index < -0.39 is 0 Å². The predicted molar refractivity (Wildman–Crippen MR) is 83.9 cm³/mol. The summed E-state index contributed by atoms with van der Waals surface area (Å²) in [5.74, 6) is 0.901. The van der Waals surface area contributed by atoms with Gasteiger partial charge in [0, 0.05) is 13.1 Å². The van der Waals surface area contributed by atoms with Gasteiger partial charge in [-0.2, -0.15) is 0 Å². The maximum atomic E-state index is 13.3. The van der Waals surface area contributed by atoms with Crippen molar-refractivity contribution in [3.05, 3.63) is 47.8 Å². The number of benzene rings is 1. The molecular formula is C17H23FN4. The van der Waals surface area contributed by atoms with Crippen LogP contribution in [0.1, 0.15) is 43.6 Å². The number of likely N-dealkylation sites (tertiary alicyclic amines) is 1. The maximum Gasteiger partial charge on any atom is 0.149 e. The van der Waals surface area contributed by atoms with Gasteiger partial charge in [0.25, 0.3) is 0 Å². The van der Waals surface area contributed by atoms with Crippen molar-refractivity contribution in [2.24, 2.45) is 7.05 Å². The molecule has 2 atom stereocenters. The van der Waals surface area contributed by atoms with Crippen molar-refractivity contribution in [3.8, 4) is 0 Å². The third-order valence-electron chi connectivity index (χ3n) is 4.64. The Labute approximate surface area is 131 Å². The van der Waals surface area contributed by atoms with Gasteiger partial charge in [-0.1, -0.05) is 12.1 Å². The summed E-state index contributed by atoms with van der Waals surface area (Å²) in [6.07, 6.45) is 6.03. The highest BCUT2D eigenvalue weighted by Crippen LogP contribution is 2.33. The van der Waals surface area contributed by atoms with Gasteiger partial charge in [-0.05, 0) is 56.8 Å². The molecule has 1 aromatic heterocycles. The first-order valence-corrected chi connectivity index (χ1v) is 7.99. The smallest absolute Gasteiger partial charge is 0.149 e. The fraction of sp³-hybridized carbons (Fsp3) is 0.529. The molecule has 5 heteroatoms. The molecular weight excluding hydrogens is 279 g/mol. The number of aromatic nitrogens is 3. The molecule has 22 heavy (non-hydrogen) atoms. The lowest BCUT2D eigenvalue weighted by Gasteiger charge is -2.30. The van der Waals surface area contributed by atoms with Gasteiger partial charge in [-0.25, -0.2) is 4.39 Å². The van der Waals surface area contributed by atoms with Crippen LogP contribution >= 0.6 is 0 Å². The zero-order valence-electron chi connectivity index (χ0n) is 13.2. The molecule has 118 valence electrons. The SMILES string of the molecule is C[C@H](CCc1cccc(F)c1)N1CCC[C@H]1c1nncn1C. The van der Waals surface area contributed by atoms with Crippen LogP contribution in [0.3, 0.4) is 0 Å². The summed E-state index contributed by atoms with van der Waals surface area (Å²) < 4.78 is 15.3. The first-order valence-electron chi connectivity index (χ1n) is 7.99. The van der Waals surface area contributed by atoms with Crippen molar-refractivity contribution in [3.63, 3.8) is 0 Å². The molecule has 1 fully saturated rings. The molecule has 2 heterocycles. The average Bonchev–Trinajstić information content (AvgIpc) is 3.13. The Kier molecular flexibility index (Phi) is 4.52. The summed E-state index contributed by atoms with van der Waals surface area (Å²) in [4.78, 5) is 2.52. The van der Waals surface area contributed by atoms with Gasteiger partial charge in [-0.3, -0.25) is 4.90 Å². The van der Waals surface area contributed by atoms with E-state index in [1.165, 1.54) is 12.5 Å². The van der Waals surface area contributed by atoms with Crippen molar-refractivity contribution >= 4 is 0 Å². The van der Waals surface area contributed by atoms with E-state index in [0.717, 1.165) is 37.2 Å². The van der Waals surface area contributed by atoms with Crippen molar-refractivity contribution < 1.29 is 4.39 Å². The van der Waals surface area contributed by atoms with Gasteiger partial charge >= 0.3 is 0 Å². The van der Waals surface area contributed by atoms with Crippen LogP contribution in [0.2, 0.25) is 0 Å². The average molecular weight is 302 g/mol. The van der Waals surface area contributed by atoms with Crippen molar-refractivity contribution in [2.75, 3.05) is 6.54 Å². The highest BCUT2D eigenvalue weighted by Gasteiger charge is 2.32. The Hall–Kier alpha value is -1.75. The molecule has 0 unspecified atom stereocenters. The first kappa shape index (κ1) is 15.2. The topological polar surface area (TPSA) is 34.0 Å². The fourth-order valence-corrected chi connectivity index (χ4v) is 3.42. The predicted octanol–water partition coefficient (Wildman–Crippen LogP) is 3.11. The van der Waals surface area contributed by atoms with Crippen LogP contribution in [0.5, 0.6) is 0 Å². The number of halogens is 1. The van der Waals surface area contributed by atoms with E-state index in [4.69, 9.17) is 0 Å². The normalized spacial score (nSPS) is 20.4. The lowest BCUT2D eigenvalue weighted by molar-refractivity contribution is 0.175. The van der Waals surface area contributed by atoms with Crippen LogP contribution in [-0.2, 0) is 13.5 Å². The summed E-state index contributed by atoms with van der Waals surface area (Å²) in [6.45, 7) is 3.36. The molecule has 0 saturated carbocycles. The van der Waals surface area contributed by atoms with E-state index in [1.54, 1.807) is 18.5 Å². The van der Waals surface area contributed by atoms with Crippen LogP contribution < -0.4 is 0 Å². The Morgan fingerprint density at radius 1 is 1.41 bits per heavy atom. The molecule has 4 nitrogen and oxygen atoms in total. The molecule has 2 aromatic rings. The molecule has 1 aliphatic heterocycles. The molecule has 1 saturated heterocycles. The second-order valence-corrected chi connectivity index (χ2v) is 6.21. The Bertz CT molecular complexity index is 625. The third-order valence-corrected chi connectivity index (χ3v) is 4.64. The Morgan fingerprint density at radius 2 is 2.27 bits per heavy atom. The number of nitrogens with zero attached hydrogens (tertiary/aromatic N) is 4. The summed E-state index contributed by atoms with van der Waals surface area (Å²) >= 11 is 0. The standard InChI is InChI=1S/C17H23FN4/c1-13(8-9-14-5-3-6-15(18)11-14)22-10-4-7-16(22)17-20-19-12-21(17)2/h3,5-6,11-13,16H,4,7-10H2,1-2H3/t13-,16+/m1/s1. The Morgan fingerprint density at radius 3 is 3.00 bits per heavy atom. The zero-order chi connectivity index (χ0) is 15.5. The molecule has 0 amide bonds. The quantitative estimate of drug-likeness (QED) is 0.851. The van der Waals surface area contributed by atoms with Crippen molar-refractivity contribution in [1.29, 1.82) is 0 Å².